The summed E-state index contributed by atoms with van der Waals surface area (Å²) in [6.07, 6.45) is 1.76. The zero-order valence-corrected chi connectivity index (χ0v) is 15.2. The Balaban J connectivity index is 1.60. The van der Waals surface area contributed by atoms with Gasteiger partial charge in [-0.2, -0.15) is 5.26 Å². The van der Waals surface area contributed by atoms with Crippen molar-refractivity contribution < 1.29 is 4.79 Å². The zero-order chi connectivity index (χ0) is 18.8. The average Bonchev–Trinajstić information content (AvgIpc) is 3.13. The highest BCUT2D eigenvalue weighted by atomic mass is 32.1. The fourth-order valence-corrected chi connectivity index (χ4v) is 3.66. The summed E-state index contributed by atoms with van der Waals surface area (Å²) in [4.78, 5) is 22.3. The molecule has 0 aliphatic rings. The lowest BCUT2D eigenvalue weighted by Crippen LogP contribution is -2.12. The van der Waals surface area contributed by atoms with E-state index in [0.29, 0.717) is 11.1 Å². The van der Waals surface area contributed by atoms with E-state index in [1.807, 2.05) is 43.3 Å². The summed E-state index contributed by atoms with van der Waals surface area (Å²) in [6, 6.07) is 18.3. The van der Waals surface area contributed by atoms with Gasteiger partial charge >= 0.3 is 0 Å². The molecular weight excluding hydrogens is 356 g/mol. The molecule has 27 heavy (non-hydrogen) atoms. The van der Waals surface area contributed by atoms with E-state index in [1.165, 1.54) is 11.3 Å². The van der Waals surface area contributed by atoms with Crippen LogP contribution in [0, 0.1) is 18.3 Å². The van der Waals surface area contributed by atoms with Gasteiger partial charge in [-0.25, -0.2) is 9.97 Å². The summed E-state index contributed by atoms with van der Waals surface area (Å²) in [5.41, 5.74) is 4.44. The molecule has 0 fully saturated rings. The van der Waals surface area contributed by atoms with Crippen LogP contribution in [-0.4, -0.2) is 15.9 Å². The Morgan fingerprint density at radius 2 is 2.04 bits per heavy atom. The second kappa shape index (κ2) is 6.98. The number of carbonyl (C=O) groups is 1. The summed E-state index contributed by atoms with van der Waals surface area (Å²) in [5.74, 6) is -0.243. The number of aromatic nitrogens is 2. The first-order valence-corrected chi connectivity index (χ1v) is 9.10. The van der Waals surface area contributed by atoms with Gasteiger partial charge in [0.2, 0.25) is 0 Å². The molecule has 2 heterocycles. The monoisotopic (exact) mass is 370 g/mol. The van der Waals surface area contributed by atoms with Crippen LogP contribution < -0.4 is 5.32 Å². The van der Waals surface area contributed by atoms with Crippen molar-refractivity contribution in [1.29, 1.82) is 5.26 Å². The molecule has 0 saturated heterocycles. The molecule has 2 aromatic heterocycles. The Kier molecular flexibility index (Phi) is 4.37. The van der Waals surface area contributed by atoms with Gasteiger partial charge in [0.1, 0.15) is 15.4 Å². The molecule has 0 unspecified atom stereocenters. The smallest absolute Gasteiger partial charge is 0.255 e. The number of hydrogen-bond acceptors (Lipinski definition) is 5. The van der Waals surface area contributed by atoms with E-state index in [-0.39, 0.29) is 5.91 Å². The minimum Gasteiger partial charge on any atom is -0.322 e. The topological polar surface area (TPSA) is 78.7 Å². The lowest BCUT2D eigenvalue weighted by molar-refractivity contribution is 0.102. The molecule has 0 radical (unpaired) electrons. The third-order valence-electron chi connectivity index (χ3n) is 4.14. The molecular formula is C21H14N4OS. The molecule has 5 nitrogen and oxygen atoms in total. The van der Waals surface area contributed by atoms with E-state index >= 15 is 0 Å². The normalized spacial score (nSPS) is 10.5. The summed E-state index contributed by atoms with van der Waals surface area (Å²) in [6.45, 7) is 1.94. The lowest BCUT2D eigenvalue weighted by atomic mass is 10.1. The second-order valence-corrected chi connectivity index (χ2v) is 7.00. The van der Waals surface area contributed by atoms with Crippen molar-refractivity contribution >= 4 is 33.3 Å². The second-order valence-electron chi connectivity index (χ2n) is 6.02. The van der Waals surface area contributed by atoms with Crippen LogP contribution in [0.1, 0.15) is 21.5 Å². The number of nitriles is 1. The summed E-state index contributed by atoms with van der Waals surface area (Å²) >= 11 is 1.54. The van der Waals surface area contributed by atoms with Crippen molar-refractivity contribution in [3.8, 4) is 16.6 Å². The maximum Gasteiger partial charge on any atom is 0.255 e. The molecule has 1 N–H and O–H groups in total. The number of rotatable bonds is 3. The zero-order valence-electron chi connectivity index (χ0n) is 14.4. The quantitative estimate of drug-likeness (QED) is 0.562. The van der Waals surface area contributed by atoms with E-state index in [1.54, 1.807) is 30.5 Å². The number of fused-ring (bicyclic) bond motifs is 1. The van der Waals surface area contributed by atoms with Crippen LogP contribution in [0.2, 0.25) is 0 Å². The summed E-state index contributed by atoms with van der Waals surface area (Å²) in [7, 11) is 0. The number of amides is 1. The van der Waals surface area contributed by atoms with E-state index in [0.717, 1.165) is 32.2 Å². The van der Waals surface area contributed by atoms with Crippen molar-refractivity contribution in [1.82, 2.24) is 9.97 Å². The van der Waals surface area contributed by atoms with Crippen molar-refractivity contribution in [3.63, 3.8) is 0 Å². The van der Waals surface area contributed by atoms with E-state index in [2.05, 4.69) is 15.3 Å². The van der Waals surface area contributed by atoms with Crippen LogP contribution in [0.3, 0.4) is 0 Å². The Bertz CT molecular complexity index is 1170. The van der Waals surface area contributed by atoms with Crippen LogP contribution in [-0.2, 0) is 0 Å². The fourth-order valence-electron chi connectivity index (χ4n) is 2.75. The molecule has 4 rings (SSSR count). The van der Waals surface area contributed by atoms with Gasteiger partial charge < -0.3 is 5.32 Å². The lowest BCUT2D eigenvalue weighted by Gasteiger charge is -2.10. The summed E-state index contributed by atoms with van der Waals surface area (Å²) in [5, 5.41) is 12.8. The number of carbonyl (C=O) groups excluding carboxylic acids is 1. The Morgan fingerprint density at radius 3 is 2.81 bits per heavy atom. The number of hydrogen-bond donors (Lipinski definition) is 1. The maximum absolute atomic E-state index is 12.5. The Labute approximate surface area is 160 Å². The largest absolute Gasteiger partial charge is 0.322 e. The van der Waals surface area contributed by atoms with Gasteiger partial charge in [0.05, 0.1) is 11.6 Å². The summed E-state index contributed by atoms with van der Waals surface area (Å²) < 4.78 is 0. The number of benzene rings is 2. The number of aryl methyl sites for hydroxylation is 1. The standard InChI is InChI=1S/C21H14N4OS/c1-13-10-16(20-25-18-6-3-9-23-21(18)27-20)7-8-17(13)24-19(26)15-5-2-4-14(11-15)12-22/h2-11H,1H3,(H,24,26). The van der Waals surface area contributed by atoms with E-state index in [9.17, 15) is 4.79 Å². The van der Waals surface area contributed by atoms with Crippen LogP contribution in [0.25, 0.3) is 20.9 Å². The number of pyridine rings is 1. The van der Waals surface area contributed by atoms with E-state index in [4.69, 9.17) is 5.26 Å². The fraction of sp³-hybridized carbons (Fsp3) is 0.0476. The van der Waals surface area contributed by atoms with Gasteiger partial charge in [-0.05, 0) is 61.0 Å². The molecule has 0 spiro atoms. The highest BCUT2D eigenvalue weighted by Gasteiger charge is 2.11. The molecule has 130 valence electrons. The highest BCUT2D eigenvalue weighted by molar-refractivity contribution is 7.21. The van der Waals surface area contributed by atoms with Gasteiger partial charge in [0.25, 0.3) is 5.91 Å². The van der Waals surface area contributed by atoms with Crippen molar-refractivity contribution in [2.45, 2.75) is 6.92 Å². The van der Waals surface area contributed by atoms with Crippen LogP contribution in [0.5, 0.6) is 0 Å². The van der Waals surface area contributed by atoms with Crippen LogP contribution >= 0.6 is 11.3 Å². The predicted molar refractivity (Wildman–Crippen MR) is 107 cm³/mol. The Morgan fingerprint density at radius 1 is 1.15 bits per heavy atom. The molecule has 0 atom stereocenters. The first-order chi connectivity index (χ1) is 13.1. The molecule has 4 aromatic rings. The van der Waals surface area contributed by atoms with Crippen LogP contribution in [0.15, 0.2) is 60.8 Å². The predicted octanol–water partition coefficient (Wildman–Crippen LogP) is 4.79. The third kappa shape index (κ3) is 3.41. The maximum atomic E-state index is 12.5. The first kappa shape index (κ1) is 16.9. The van der Waals surface area contributed by atoms with Crippen LogP contribution in [0.4, 0.5) is 5.69 Å². The highest BCUT2D eigenvalue weighted by Crippen LogP contribution is 2.31. The molecule has 1 amide bonds. The van der Waals surface area contributed by atoms with Crippen molar-refractivity contribution in [2.75, 3.05) is 5.32 Å². The molecule has 6 heteroatoms. The van der Waals surface area contributed by atoms with Crippen molar-refractivity contribution in [3.05, 3.63) is 77.5 Å². The number of anilines is 1. The number of nitrogens with one attached hydrogen (secondary N) is 1. The average molecular weight is 370 g/mol. The molecule has 0 aliphatic carbocycles. The number of thiazole rings is 1. The SMILES string of the molecule is Cc1cc(-c2nc3cccnc3s2)ccc1NC(=O)c1cccc(C#N)c1. The molecule has 2 aromatic carbocycles. The first-order valence-electron chi connectivity index (χ1n) is 8.28. The van der Waals surface area contributed by atoms with Gasteiger partial charge in [0, 0.05) is 23.0 Å². The van der Waals surface area contributed by atoms with Gasteiger partial charge in [0.15, 0.2) is 0 Å². The minimum atomic E-state index is -0.243. The molecule has 0 aliphatic heterocycles. The van der Waals surface area contributed by atoms with Crippen molar-refractivity contribution in [2.24, 2.45) is 0 Å². The van der Waals surface area contributed by atoms with E-state index < -0.39 is 0 Å². The van der Waals surface area contributed by atoms with Gasteiger partial charge in [-0.3, -0.25) is 4.79 Å². The molecule has 0 saturated carbocycles. The minimum absolute atomic E-state index is 0.243. The van der Waals surface area contributed by atoms with Gasteiger partial charge in [-0.15, -0.1) is 0 Å². The molecule has 0 bridgehead atoms. The Hall–Kier alpha value is -3.56. The number of nitrogens with zero attached hydrogens (tertiary/aromatic N) is 3. The van der Waals surface area contributed by atoms with Gasteiger partial charge in [-0.1, -0.05) is 17.4 Å². The third-order valence-corrected chi connectivity index (χ3v) is 5.17.